The van der Waals surface area contributed by atoms with Crippen molar-refractivity contribution < 1.29 is 0 Å². The van der Waals surface area contributed by atoms with Crippen molar-refractivity contribution in [1.29, 1.82) is 0 Å². The molecule has 2 heterocycles. The minimum absolute atomic E-state index is 0.167. The second kappa shape index (κ2) is 8.68. The summed E-state index contributed by atoms with van der Waals surface area (Å²) in [4.78, 5) is 16.8. The van der Waals surface area contributed by atoms with Crippen LogP contribution >= 0.6 is 11.8 Å². The fourth-order valence-electron chi connectivity index (χ4n) is 1.66. The van der Waals surface area contributed by atoms with Crippen molar-refractivity contribution >= 4 is 29.3 Å². The zero-order valence-electron chi connectivity index (χ0n) is 13.5. The minimum Gasteiger partial charge on any atom is -0.368 e. The number of nitrogens with zero attached hydrogens (tertiary/aromatic N) is 5. The van der Waals surface area contributed by atoms with Crippen molar-refractivity contribution in [3.8, 4) is 0 Å². The smallest absolute Gasteiger partial charge is 0.233 e. The van der Waals surface area contributed by atoms with Crippen LogP contribution in [0.25, 0.3) is 0 Å². The summed E-state index contributed by atoms with van der Waals surface area (Å²) in [5.74, 6) is 0.575. The third-order valence-corrected chi connectivity index (χ3v) is 3.56. The normalized spacial score (nSPS) is 9.75. The molecule has 0 aliphatic heterocycles. The molecule has 7 nitrogen and oxygen atoms in total. The lowest BCUT2D eigenvalue weighted by molar-refractivity contribution is 0.784. The molecule has 3 rings (SSSR count). The Hall–Kier alpha value is -2.87. The number of nitrogen functional groups attached to an aromatic ring is 1. The third-order valence-electron chi connectivity index (χ3n) is 2.62. The van der Waals surface area contributed by atoms with E-state index >= 15 is 0 Å². The molecule has 24 heavy (non-hydrogen) atoms. The summed E-state index contributed by atoms with van der Waals surface area (Å²) < 4.78 is 1.88. The highest BCUT2D eigenvalue weighted by molar-refractivity contribution is 7.99. The lowest BCUT2D eigenvalue weighted by Gasteiger charge is -2.06. The van der Waals surface area contributed by atoms with E-state index in [1.807, 2.05) is 55.1 Å². The number of nitrogens with two attached hydrogens (primary N) is 1. The number of allylic oxidation sites excluding steroid dienone is 1. The summed E-state index contributed by atoms with van der Waals surface area (Å²) in [5.41, 5.74) is 6.62. The molecule has 0 unspecified atom stereocenters. The van der Waals surface area contributed by atoms with Crippen LogP contribution in [0.3, 0.4) is 0 Å². The van der Waals surface area contributed by atoms with Gasteiger partial charge in [0.15, 0.2) is 5.16 Å². The molecule has 124 valence electrons. The highest BCUT2D eigenvalue weighted by Crippen LogP contribution is 2.24. The van der Waals surface area contributed by atoms with E-state index in [2.05, 4.69) is 31.8 Å². The van der Waals surface area contributed by atoms with E-state index in [0.717, 1.165) is 10.8 Å². The van der Waals surface area contributed by atoms with E-state index in [-0.39, 0.29) is 5.95 Å². The number of rotatable bonds is 4. The van der Waals surface area contributed by atoms with Crippen LogP contribution in [0.15, 0.2) is 65.7 Å². The van der Waals surface area contributed by atoms with Crippen molar-refractivity contribution in [3.63, 3.8) is 0 Å². The number of hydrogen-bond donors (Lipinski definition) is 2. The van der Waals surface area contributed by atoms with Gasteiger partial charge in [-0.25, -0.2) is 4.98 Å². The van der Waals surface area contributed by atoms with Gasteiger partial charge in [-0.2, -0.15) is 15.0 Å². The molecule has 0 aliphatic carbocycles. The fourth-order valence-corrected chi connectivity index (χ4v) is 2.41. The summed E-state index contributed by atoms with van der Waals surface area (Å²) in [5, 5.41) is 4.38. The zero-order valence-corrected chi connectivity index (χ0v) is 14.4. The Kier molecular flexibility index (Phi) is 6.32. The molecule has 3 aromatic rings. The van der Waals surface area contributed by atoms with Gasteiger partial charge in [-0.1, -0.05) is 24.3 Å². The van der Waals surface area contributed by atoms with Crippen LogP contribution in [0.1, 0.15) is 6.92 Å². The van der Waals surface area contributed by atoms with Gasteiger partial charge in [-0.15, -0.1) is 6.58 Å². The maximum absolute atomic E-state index is 5.74. The third kappa shape index (κ3) is 5.10. The van der Waals surface area contributed by atoms with E-state index in [4.69, 9.17) is 5.73 Å². The molecule has 2 aromatic heterocycles. The van der Waals surface area contributed by atoms with Crippen molar-refractivity contribution in [3.05, 3.63) is 55.4 Å². The van der Waals surface area contributed by atoms with Crippen LogP contribution in [0.2, 0.25) is 0 Å². The average Bonchev–Trinajstić information content (AvgIpc) is 2.93. The summed E-state index contributed by atoms with van der Waals surface area (Å²) in [6, 6.07) is 9.64. The molecule has 3 N–H and O–H groups in total. The molecule has 0 saturated heterocycles. The monoisotopic (exact) mass is 341 g/mol. The number of aryl methyl sites for hydroxylation is 1. The zero-order chi connectivity index (χ0) is 17.4. The predicted molar refractivity (Wildman–Crippen MR) is 97.2 cm³/mol. The lowest BCUT2D eigenvalue weighted by Crippen LogP contribution is -2.04. The largest absolute Gasteiger partial charge is 0.368 e. The van der Waals surface area contributed by atoms with Gasteiger partial charge < -0.3 is 15.6 Å². The molecule has 0 atom stereocenters. The first kappa shape index (κ1) is 17.5. The van der Waals surface area contributed by atoms with E-state index in [1.54, 1.807) is 12.3 Å². The van der Waals surface area contributed by atoms with Gasteiger partial charge in [-0.3, -0.25) is 0 Å². The summed E-state index contributed by atoms with van der Waals surface area (Å²) in [6.07, 6.45) is 5.33. The molecule has 0 aliphatic rings. The Morgan fingerprint density at radius 3 is 2.54 bits per heavy atom. The predicted octanol–water partition coefficient (Wildman–Crippen LogP) is 3.27. The van der Waals surface area contributed by atoms with Crippen LogP contribution < -0.4 is 11.1 Å². The topological polar surface area (TPSA) is 94.5 Å². The van der Waals surface area contributed by atoms with Crippen molar-refractivity contribution in [2.75, 3.05) is 11.1 Å². The molecule has 8 heteroatoms. The number of imidazole rings is 1. The van der Waals surface area contributed by atoms with Crippen LogP contribution in [0.5, 0.6) is 0 Å². The van der Waals surface area contributed by atoms with Gasteiger partial charge in [0, 0.05) is 25.1 Å². The summed E-state index contributed by atoms with van der Waals surface area (Å²) >= 11 is 1.33. The Labute approximate surface area is 145 Å². The average molecular weight is 341 g/mol. The molecule has 0 radical (unpaired) electrons. The first-order valence-electron chi connectivity index (χ1n) is 7.18. The Morgan fingerprint density at radius 2 is 1.92 bits per heavy atom. The first-order valence-corrected chi connectivity index (χ1v) is 8.00. The fraction of sp³-hybridized carbons (Fsp3) is 0.125. The van der Waals surface area contributed by atoms with Crippen molar-refractivity contribution in [1.82, 2.24) is 24.5 Å². The van der Waals surface area contributed by atoms with E-state index < -0.39 is 0 Å². The van der Waals surface area contributed by atoms with Crippen LogP contribution in [0, 0.1) is 0 Å². The number of aromatic nitrogens is 5. The van der Waals surface area contributed by atoms with Crippen LogP contribution in [-0.2, 0) is 7.05 Å². The molecule has 1 aromatic carbocycles. The molecular weight excluding hydrogens is 322 g/mol. The second-order valence-corrected chi connectivity index (χ2v) is 5.56. The number of anilines is 3. The molecule has 0 amide bonds. The number of benzene rings is 1. The molecular formula is C16H19N7S. The first-order chi connectivity index (χ1) is 11.6. The Bertz CT molecular complexity index is 786. The number of nitrogens with one attached hydrogen (secondary N) is 1. The SMILES string of the molecule is C=CC.Cn1ccnc1Sc1nc(N)nc(Nc2ccccc2)n1. The molecule has 0 spiro atoms. The minimum atomic E-state index is 0.167. The standard InChI is InChI=1S/C13H13N7S.C3H6/c1-20-8-7-15-13(20)21-12-18-10(14)17-11(19-12)16-9-5-3-2-4-6-9;1-3-2/h2-8H,1H3,(H3,14,16,17,18,19);3H,1H2,2H3. The van der Waals surface area contributed by atoms with Crippen molar-refractivity contribution in [2.45, 2.75) is 17.2 Å². The second-order valence-electron chi connectivity index (χ2n) is 4.62. The van der Waals surface area contributed by atoms with E-state index in [1.165, 1.54) is 11.8 Å². The van der Waals surface area contributed by atoms with Crippen LogP contribution in [0.4, 0.5) is 17.6 Å². The van der Waals surface area contributed by atoms with Gasteiger partial charge >= 0.3 is 0 Å². The highest BCUT2D eigenvalue weighted by Gasteiger charge is 2.09. The lowest BCUT2D eigenvalue weighted by atomic mass is 10.3. The highest BCUT2D eigenvalue weighted by atomic mass is 32.2. The van der Waals surface area contributed by atoms with Gasteiger partial charge in [0.25, 0.3) is 0 Å². The quantitative estimate of drug-likeness (QED) is 0.703. The van der Waals surface area contributed by atoms with Crippen LogP contribution in [-0.4, -0.2) is 24.5 Å². The molecule has 0 bridgehead atoms. The summed E-state index contributed by atoms with van der Waals surface area (Å²) in [6.45, 7) is 5.25. The maximum Gasteiger partial charge on any atom is 0.233 e. The van der Waals surface area contributed by atoms with Gasteiger partial charge in [-0.05, 0) is 30.8 Å². The van der Waals surface area contributed by atoms with Gasteiger partial charge in [0.2, 0.25) is 17.1 Å². The number of para-hydroxylation sites is 1. The van der Waals surface area contributed by atoms with Gasteiger partial charge in [0.05, 0.1) is 0 Å². The molecule has 0 fully saturated rings. The Balaban J connectivity index is 0.000000647. The van der Waals surface area contributed by atoms with Gasteiger partial charge in [0.1, 0.15) is 0 Å². The van der Waals surface area contributed by atoms with E-state index in [9.17, 15) is 0 Å². The van der Waals surface area contributed by atoms with Crippen molar-refractivity contribution in [2.24, 2.45) is 7.05 Å². The Morgan fingerprint density at radius 1 is 1.21 bits per heavy atom. The summed E-state index contributed by atoms with van der Waals surface area (Å²) in [7, 11) is 1.91. The van der Waals surface area contributed by atoms with E-state index in [0.29, 0.717) is 11.1 Å². The molecule has 0 saturated carbocycles. The maximum atomic E-state index is 5.74. The number of hydrogen-bond acceptors (Lipinski definition) is 7.